The Balaban J connectivity index is 1.26. The predicted octanol–water partition coefficient (Wildman–Crippen LogP) is 4.47. The van der Waals surface area contributed by atoms with Crippen LogP contribution >= 0.6 is 0 Å². The third-order valence-electron chi connectivity index (χ3n) is 12.9. The van der Waals surface area contributed by atoms with Crippen molar-refractivity contribution < 1.29 is 28.7 Å². The second kappa shape index (κ2) is 20.7. The minimum Gasteiger partial charge on any atom is -0.379 e. The van der Waals surface area contributed by atoms with Gasteiger partial charge in [0.2, 0.25) is 23.6 Å². The minimum atomic E-state index is -0.715. The van der Waals surface area contributed by atoms with Crippen LogP contribution in [0.3, 0.4) is 0 Å². The zero-order valence-corrected chi connectivity index (χ0v) is 35.4. The number of nitrogens with one attached hydrogen (secondary N) is 3. The van der Waals surface area contributed by atoms with Gasteiger partial charge >= 0.3 is 0 Å². The predicted molar refractivity (Wildman–Crippen MR) is 219 cm³/mol. The Morgan fingerprint density at radius 3 is 2.28 bits per heavy atom. The number of fused-ring (bicyclic) bond motifs is 2. The number of rotatable bonds is 20. The number of nitrogens with zero attached hydrogens (tertiary/aromatic N) is 4. The fourth-order valence-corrected chi connectivity index (χ4v) is 9.45. The van der Waals surface area contributed by atoms with E-state index < -0.39 is 36.3 Å². The second-order valence-electron chi connectivity index (χ2n) is 16.9. The van der Waals surface area contributed by atoms with Crippen LogP contribution in [0.5, 0.6) is 0 Å². The quantitative estimate of drug-likeness (QED) is 0.176. The number of aromatic nitrogens is 2. The van der Waals surface area contributed by atoms with E-state index in [1.54, 1.807) is 44.6 Å². The molecule has 5 rings (SSSR count). The highest BCUT2D eigenvalue weighted by molar-refractivity contribution is 5.90. The zero-order valence-electron chi connectivity index (χ0n) is 35.4. The van der Waals surface area contributed by atoms with Crippen LogP contribution < -0.4 is 16.0 Å². The molecule has 4 amide bonds. The topological polar surface area (TPSA) is 155 Å². The van der Waals surface area contributed by atoms with Gasteiger partial charge in [-0.15, -0.1) is 0 Å². The molecule has 3 aliphatic rings. The number of aryl methyl sites for hydroxylation is 1. The Bertz CT molecular complexity index is 1610. The molecule has 3 fully saturated rings. The first kappa shape index (κ1) is 44.2. The zero-order chi connectivity index (χ0) is 41.2. The van der Waals surface area contributed by atoms with Crippen LogP contribution in [0, 0.1) is 23.7 Å². The molecular weight excluding hydrogens is 723 g/mol. The molecule has 1 saturated carbocycles. The molecule has 2 aromatic rings. The molecule has 0 spiro atoms. The van der Waals surface area contributed by atoms with E-state index in [1.807, 2.05) is 43.9 Å². The number of ether oxygens (including phenoxy) is 2. The van der Waals surface area contributed by atoms with E-state index in [1.165, 1.54) is 0 Å². The molecule has 2 aliphatic heterocycles. The number of carbonyl (C=O) groups excluding carboxylic acids is 4. The van der Waals surface area contributed by atoms with Crippen molar-refractivity contribution in [2.75, 3.05) is 27.8 Å². The van der Waals surface area contributed by atoms with E-state index in [4.69, 9.17) is 9.47 Å². The Hall–Kier alpha value is -3.94. The van der Waals surface area contributed by atoms with Gasteiger partial charge in [0.25, 0.3) is 0 Å². The second-order valence-corrected chi connectivity index (χ2v) is 16.9. The summed E-state index contributed by atoms with van der Waals surface area (Å²) in [5.74, 6) is -0.477. The van der Waals surface area contributed by atoms with Crippen molar-refractivity contribution in [1.29, 1.82) is 0 Å². The molecule has 1 aromatic heterocycles. The van der Waals surface area contributed by atoms with Crippen LogP contribution in [0.15, 0.2) is 48.8 Å². The van der Waals surface area contributed by atoms with Gasteiger partial charge in [0, 0.05) is 46.2 Å². The van der Waals surface area contributed by atoms with Gasteiger partial charge < -0.3 is 35.2 Å². The van der Waals surface area contributed by atoms with E-state index in [2.05, 4.69) is 51.9 Å². The average molecular weight is 790 g/mol. The molecule has 0 radical (unpaired) electrons. The third-order valence-corrected chi connectivity index (χ3v) is 12.9. The lowest BCUT2D eigenvalue weighted by molar-refractivity contribution is -0.147. The molecule has 3 heterocycles. The molecule has 3 N–H and O–H groups in total. The number of piperidine rings is 1. The van der Waals surface area contributed by atoms with Gasteiger partial charge in [0.05, 0.1) is 48.7 Å². The monoisotopic (exact) mass is 790 g/mol. The van der Waals surface area contributed by atoms with Crippen LogP contribution in [0.1, 0.15) is 103 Å². The van der Waals surface area contributed by atoms with Crippen LogP contribution in [-0.2, 0) is 35.1 Å². The molecule has 1 aliphatic carbocycles. The van der Waals surface area contributed by atoms with E-state index >= 15 is 0 Å². The summed E-state index contributed by atoms with van der Waals surface area (Å²) in [4.78, 5) is 68.5. The largest absolute Gasteiger partial charge is 0.379 e. The molecule has 13 nitrogen and oxygen atoms in total. The van der Waals surface area contributed by atoms with E-state index in [9.17, 15) is 19.2 Å². The highest BCUT2D eigenvalue weighted by atomic mass is 16.5. The van der Waals surface area contributed by atoms with E-state index in [0.717, 1.165) is 44.1 Å². The summed E-state index contributed by atoms with van der Waals surface area (Å²) in [6, 6.07) is 10.1. The summed E-state index contributed by atoms with van der Waals surface area (Å²) in [5, 5.41) is 9.74. The molecule has 13 heteroatoms. The minimum absolute atomic E-state index is 0.000643. The van der Waals surface area contributed by atoms with Gasteiger partial charge in [-0.25, -0.2) is 9.97 Å². The summed E-state index contributed by atoms with van der Waals surface area (Å²) in [6.45, 7) is 10.4. The molecule has 2 bridgehead atoms. The number of methoxy groups -OCH3 is 2. The standard InChI is InChI=1S/C44H67N7O6/c1-9-28(4)39(50(6)44(55)37(27(2)3)49-43(54)38-31-19-20-32(25-31)47-38)35(56-7)26-36(52)51-24-13-17-34(51)40(57-8)29(5)42(53)48-33(41-45-22-14-23-46-41)21-18-30-15-11-10-12-16-30/h10-12,14-16,22-23,27-29,31-35,37-40,47H,9,13,17-21,24-26H2,1-8H3,(H,48,53)(H,49,54)/t28-,29+,31-,32+,33+,34-,35+,37-,38-,39-,40+/m0/s1. The van der Waals surface area contributed by atoms with E-state index in [-0.39, 0.29) is 54.0 Å². The summed E-state index contributed by atoms with van der Waals surface area (Å²) in [7, 11) is 4.95. The normalized spacial score (nSPS) is 24.0. The lowest BCUT2D eigenvalue weighted by Gasteiger charge is -2.41. The number of amides is 4. The summed E-state index contributed by atoms with van der Waals surface area (Å²) >= 11 is 0. The van der Waals surface area contributed by atoms with Gasteiger partial charge in [-0.3, -0.25) is 19.2 Å². The number of likely N-dealkylation sites (N-methyl/N-ethyl adjacent to an activating group) is 1. The maximum Gasteiger partial charge on any atom is 0.245 e. The molecule has 2 saturated heterocycles. The number of hydrogen-bond donors (Lipinski definition) is 3. The van der Waals surface area contributed by atoms with Gasteiger partial charge in [-0.1, -0.05) is 71.4 Å². The van der Waals surface area contributed by atoms with Crippen molar-refractivity contribution in [2.24, 2.45) is 23.7 Å². The third kappa shape index (κ3) is 10.8. The molecular formula is C44H67N7O6. The first-order valence-corrected chi connectivity index (χ1v) is 21.2. The Labute approximate surface area is 339 Å². The van der Waals surface area contributed by atoms with Crippen molar-refractivity contribution in [2.45, 2.75) is 141 Å². The van der Waals surface area contributed by atoms with Crippen LogP contribution in [0.25, 0.3) is 0 Å². The highest BCUT2D eigenvalue weighted by Gasteiger charge is 2.46. The van der Waals surface area contributed by atoms with Gasteiger partial charge in [-0.2, -0.15) is 0 Å². The van der Waals surface area contributed by atoms with Crippen molar-refractivity contribution in [1.82, 2.24) is 35.7 Å². The molecule has 11 atom stereocenters. The fourth-order valence-electron chi connectivity index (χ4n) is 9.45. The van der Waals surface area contributed by atoms with Gasteiger partial charge in [0.1, 0.15) is 11.9 Å². The first-order valence-electron chi connectivity index (χ1n) is 21.2. The summed E-state index contributed by atoms with van der Waals surface area (Å²) < 4.78 is 12.1. The molecule has 57 heavy (non-hydrogen) atoms. The van der Waals surface area contributed by atoms with Crippen LogP contribution in [-0.4, -0.2) is 114 Å². The van der Waals surface area contributed by atoms with E-state index in [0.29, 0.717) is 37.2 Å². The van der Waals surface area contributed by atoms with Crippen LogP contribution in [0.4, 0.5) is 0 Å². The summed E-state index contributed by atoms with van der Waals surface area (Å²) in [5.41, 5.74) is 1.16. The average Bonchev–Trinajstić information content (AvgIpc) is 4.00. The summed E-state index contributed by atoms with van der Waals surface area (Å²) in [6.07, 6.45) is 8.97. The Morgan fingerprint density at radius 2 is 1.68 bits per heavy atom. The number of carbonyl (C=O) groups is 4. The number of likely N-dealkylation sites (tertiary alicyclic amines) is 1. The Kier molecular flexibility index (Phi) is 16.0. The number of benzene rings is 1. The fraction of sp³-hybridized carbons (Fsp3) is 0.682. The lowest BCUT2D eigenvalue weighted by Crippen LogP contribution is -2.59. The first-order chi connectivity index (χ1) is 27.4. The van der Waals surface area contributed by atoms with Crippen molar-refractivity contribution >= 4 is 23.6 Å². The van der Waals surface area contributed by atoms with Gasteiger partial charge in [0.15, 0.2) is 0 Å². The Morgan fingerprint density at radius 1 is 0.965 bits per heavy atom. The van der Waals surface area contributed by atoms with Crippen molar-refractivity contribution in [3.05, 3.63) is 60.2 Å². The lowest BCUT2D eigenvalue weighted by atomic mass is 9.89. The molecule has 1 aromatic carbocycles. The van der Waals surface area contributed by atoms with Crippen molar-refractivity contribution in [3.8, 4) is 0 Å². The SMILES string of the molecule is CC[C@H](C)[C@@H]([C@@H](CC(=O)N1CCC[C@H]1[C@H](OC)[C@@H](C)C(=O)N[C@H](CCc1ccccc1)c1ncccn1)OC)N(C)C(=O)[C@@H](NC(=O)[C@H]1N[C@@H]2CC[C@H]1C2)C(C)C. The molecule has 0 unspecified atom stereocenters. The maximum absolute atomic E-state index is 14.3. The maximum atomic E-state index is 14.3. The van der Waals surface area contributed by atoms with Gasteiger partial charge in [-0.05, 0) is 74.3 Å². The van der Waals surface area contributed by atoms with Crippen LogP contribution in [0.2, 0.25) is 0 Å². The molecule has 314 valence electrons. The number of hydrogen-bond acceptors (Lipinski definition) is 9. The van der Waals surface area contributed by atoms with Crippen molar-refractivity contribution in [3.63, 3.8) is 0 Å². The smallest absolute Gasteiger partial charge is 0.245 e. The highest BCUT2D eigenvalue weighted by Crippen LogP contribution is 2.35.